The highest BCUT2D eigenvalue weighted by molar-refractivity contribution is 5.53. The minimum atomic E-state index is 0.804. The van der Waals surface area contributed by atoms with Gasteiger partial charge in [-0.15, -0.1) is 0 Å². The maximum Gasteiger partial charge on any atom is 0.181 e. The highest BCUT2D eigenvalue weighted by atomic mass is 16.5. The molecule has 66 valence electrons. The van der Waals surface area contributed by atoms with Crippen molar-refractivity contribution in [3.8, 4) is 11.9 Å². The van der Waals surface area contributed by atoms with Crippen molar-refractivity contribution in [2.75, 3.05) is 11.9 Å². The normalized spacial score (nSPS) is 13.8. The highest BCUT2D eigenvalue weighted by Gasteiger charge is 2.09. The van der Waals surface area contributed by atoms with E-state index in [9.17, 15) is 0 Å². The smallest absolute Gasteiger partial charge is 0.181 e. The van der Waals surface area contributed by atoms with Crippen molar-refractivity contribution in [2.45, 2.75) is 12.8 Å². The molecule has 0 atom stereocenters. The van der Waals surface area contributed by atoms with Gasteiger partial charge in [-0.3, -0.25) is 5.32 Å². The summed E-state index contributed by atoms with van der Waals surface area (Å²) in [5.74, 6) is 0.953. The topological polar surface area (TPSA) is 45.0 Å². The second-order valence-electron chi connectivity index (χ2n) is 3.01. The van der Waals surface area contributed by atoms with Crippen LogP contribution in [0, 0.1) is 11.5 Å². The molecule has 0 amide bonds. The Morgan fingerprint density at radius 2 is 2.38 bits per heavy atom. The minimum absolute atomic E-state index is 0.804. The zero-order valence-corrected chi connectivity index (χ0v) is 7.21. The number of ether oxygens (including phenoxy) is 1. The molecule has 0 aromatic heterocycles. The van der Waals surface area contributed by atoms with Gasteiger partial charge in [0.1, 0.15) is 5.75 Å². The van der Waals surface area contributed by atoms with Gasteiger partial charge in [-0.25, -0.2) is 0 Å². The Balaban J connectivity index is 2.31. The molecule has 0 unspecified atom stereocenters. The molecule has 0 saturated heterocycles. The fourth-order valence-electron chi connectivity index (χ4n) is 1.50. The first-order chi connectivity index (χ1) is 6.40. The van der Waals surface area contributed by atoms with Gasteiger partial charge in [0.2, 0.25) is 0 Å². The quantitative estimate of drug-likeness (QED) is 0.522. The maximum absolute atomic E-state index is 8.43. The molecule has 1 heterocycles. The van der Waals surface area contributed by atoms with Gasteiger partial charge in [0.05, 0.1) is 6.61 Å². The van der Waals surface area contributed by atoms with Gasteiger partial charge in [0.25, 0.3) is 0 Å². The Morgan fingerprint density at radius 1 is 1.46 bits per heavy atom. The summed E-state index contributed by atoms with van der Waals surface area (Å²) < 4.78 is 5.45. The number of hydrogen-bond donors (Lipinski definition) is 1. The van der Waals surface area contributed by atoms with Crippen molar-refractivity contribution in [3.63, 3.8) is 0 Å². The summed E-state index contributed by atoms with van der Waals surface area (Å²) in [5, 5.41) is 11.0. The first-order valence-electron chi connectivity index (χ1n) is 4.31. The Morgan fingerprint density at radius 3 is 3.23 bits per heavy atom. The van der Waals surface area contributed by atoms with Gasteiger partial charge in [0.15, 0.2) is 6.19 Å². The van der Waals surface area contributed by atoms with E-state index in [2.05, 4.69) is 5.32 Å². The predicted molar refractivity (Wildman–Crippen MR) is 49.5 cm³/mol. The zero-order valence-electron chi connectivity index (χ0n) is 7.21. The van der Waals surface area contributed by atoms with E-state index >= 15 is 0 Å². The number of anilines is 1. The third-order valence-corrected chi connectivity index (χ3v) is 2.11. The average Bonchev–Trinajstić information content (AvgIpc) is 2.18. The van der Waals surface area contributed by atoms with Crippen LogP contribution in [0.1, 0.15) is 12.0 Å². The van der Waals surface area contributed by atoms with E-state index in [0.717, 1.165) is 30.9 Å². The van der Waals surface area contributed by atoms with Gasteiger partial charge < -0.3 is 4.74 Å². The second-order valence-corrected chi connectivity index (χ2v) is 3.01. The van der Waals surface area contributed by atoms with Crippen LogP contribution in [0.25, 0.3) is 0 Å². The highest BCUT2D eigenvalue weighted by Crippen LogP contribution is 2.27. The second kappa shape index (κ2) is 3.36. The number of nitrogens with one attached hydrogen (secondary N) is 1. The molecular weight excluding hydrogens is 164 g/mol. The summed E-state index contributed by atoms with van der Waals surface area (Å²) in [5.41, 5.74) is 2.03. The first-order valence-corrected chi connectivity index (χ1v) is 4.31. The summed E-state index contributed by atoms with van der Waals surface area (Å²) in [6.45, 7) is 0.804. The molecular formula is C10H10N2O. The Labute approximate surface area is 76.9 Å². The van der Waals surface area contributed by atoms with Crippen LogP contribution in [-0.4, -0.2) is 6.61 Å². The lowest BCUT2D eigenvalue weighted by Gasteiger charge is -2.17. The molecule has 0 bridgehead atoms. The number of rotatable bonds is 1. The van der Waals surface area contributed by atoms with E-state index < -0.39 is 0 Å². The summed E-state index contributed by atoms with van der Waals surface area (Å²) in [4.78, 5) is 0. The number of hydrogen-bond acceptors (Lipinski definition) is 3. The lowest BCUT2D eigenvalue weighted by Crippen LogP contribution is -2.08. The standard InChI is InChI=1S/C10H10N2O/c11-7-12-9-3-4-10-8(6-9)2-1-5-13-10/h3-4,6,12H,1-2,5H2. The van der Waals surface area contributed by atoms with Crippen LogP contribution in [0.4, 0.5) is 5.69 Å². The largest absolute Gasteiger partial charge is 0.493 e. The zero-order chi connectivity index (χ0) is 9.10. The summed E-state index contributed by atoms with van der Waals surface area (Å²) in [6, 6.07) is 5.74. The van der Waals surface area contributed by atoms with Crippen LogP contribution in [0.15, 0.2) is 18.2 Å². The Hall–Kier alpha value is -1.69. The van der Waals surface area contributed by atoms with Gasteiger partial charge in [-0.05, 0) is 36.6 Å². The molecule has 3 nitrogen and oxygen atoms in total. The predicted octanol–water partition coefficient (Wildman–Crippen LogP) is 1.90. The van der Waals surface area contributed by atoms with Gasteiger partial charge in [0, 0.05) is 5.69 Å². The molecule has 0 radical (unpaired) electrons. The van der Waals surface area contributed by atoms with Crippen molar-refractivity contribution >= 4 is 5.69 Å². The molecule has 3 heteroatoms. The number of nitriles is 1. The number of benzene rings is 1. The molecule has 0 saturated carbocycles. The third kappa shape index (κ3) is 1.57. The van der Waals surface area contributed by atoms with E-state index in [1.54, 1.807) is 0 Å². The Bertz CT molecular complexity index is 354. The number of nitrogens with zero attached hydrogens (tertiary/aromatic N) is 1. The van der Waals surface area contributed by atoms with Crippen LogP contribution in [0.2, 0.25) is 0 Å². The van der Waals surface area contributed by atoms with Crippen LogP contribution in [0.3, 0.4) is 0 Å². The average molecular weight is 174 g/mol. The van der Waals surface area contributed by atoms with E-state index in [-0.39, 0.29) is 0 Å². The molecule has 2 rings (SSSR count). The molecule has 0 fully saturated rings. The molecule has 1 aromatic carbocycles. The van der Waals surface area contributed by atoms with Crippen LogP contribution in [0.5, 0.6) is 5.75 Å². The van der Waals surface area contributed by atoms with E-state index in [4.69, 9.17) is 10.00 Å². The van der Waals surface area contributed by atoms with Crippen LogP contribution < -0.4 is 10.1 Å². The minimum Gasteiger partial charge on any atom is -0.493 e. The maximum atomic E-state index is 8.43. The van der Waals surface area contributed by atoms with Gasteiger partial charge in [-0.2, -0.15) is 5.26 Å². The SMILES string of the molecule is N#CNc1ccc2c(c1)CCCO2. The lowest BCUT2D eigenvalue weighted by molar-refractivity contribution is 0.288. The molecule has 13 heavy (non-hydrogen) atoms. The molecule has 1 aliphatic heterocycles. The van der Waals surface area contributed by atoms with Crippen molar-refractivity contribution in [1.29, 1.82) is 5.26 Å². The summed E-state index contributed by atoms with van der Waals surface area (Å²) in [7, 11) is 0. The fraction of sp³-hybridized carbons (Fsp3) is 0.300. The lowest BCUT2D eigenvalue weighted by atomic mass is 10.1. The molecule has 0 spiro atoms. The fourth-order valence-corrected chi connectivity index (χ4v) is 1.50. The van der Waals surface area contributed by atoms with Crippen molar-refractivity contribution in [2.24, 2.45) is 0 Å². The number of fused-ring (bicyclic) bond motifs is 1. The van der Waals surface area contributed by atoms with Crippen molar-refractivity contribution in [3.05, 3.63) is 23.8 Å². The molecule has 1 aromatic rings. The molecule has 0 aliphatic carbocycles. The Kier molecular flexibility index (Phi) is 2.05. The molecule has 1 N–H and O–H groups in total. The molecule has 1 aliphatic rings. The van der Waals surface area contributed by atoms with E-state index in [1.807, 2.05) is 24.4 Å². The van der Waals surface area contributed by atoms with E-state index in [0.29, 0.717) is 0 Å². The van der Waals surface area contributed by atoms with Crippen LogP contribution in [-0.2, 0) is 6.42 Å². The van der Waals surface area contributed by atoms with Gasteiger partial charge >= 0.3 is 0 Å². The third-order valence-electron chi connectivity index (χ3n) is 2.11. The van der Waals surface area contributed by atoms with Gasteiger partial charge in [-0.1, -0.05) is 0 Å². The monoisotopic (exact) mass is 174 g/mol. The summed E-state index contributed by atoms with van der Waals surface area (Å²) in [6.07, 6.45) is 4.00. The van der Waals surface area contributed by atoms with Crippen LogP contribution >= 0.6 is 0 Å². The first kappa shape index (κ1) is 7.93. The number of aryl methyl sites for hydroxylation is 1. The van der Waals surface area contributed by atoms with Crippen molar-refractivity contribution < 1.29 is 4.74 Å². The van der Waals surface area contributed by atoms with E-state index in [1.165, 1.54) is 5.56 Å². The summed E-state index contributed by atoms with van der Waals surface area (Å²) >= 11 is 0. The van der Waals surface area contributed by atoms with Crippen molar-refractivity contribution in [1.82, 2.24) is 0 Å².